The lowest BCUT2D eigenvalue weighted by Gasteiger charge is -2.25. The minimum Gasteiger partial charge on any atom is -0.439 e. The highest BCUT2D eigenvalue weighted by Gasteiger charge is 2.22. The number of rotatable bonds is 13. The molecule has 34 heavy (non-hydrogen) atoms. The number of benzene rings is 2. The first-order valence-corrected chi connectivity index (χ1v) is 12.2. The zero-order valence-electron chi connectivity index (χ0n) is 21.2. The highest BCUT2D eigenvalue weighted by Crippen LogP contribution is 2.32. The van der Waals surface area contributed by atoms with Gasteiger partial charge in [-0.15, -0.1) is 0 Å². The zero-order valence-corrected chi connectivity index (χ0v) is 21.2. The fourth-order valence-electron chi connectivity index (χ4n) is 3.85. The third kappa shape index (κ3) is 7.42. The third-order valence-electron chi connectivity index (χ3n) is 5.53. The van der Waals surface area contributed by atoms with E-state index in [-0.39, 0.29) is 0 Å². The highest BCUT2D eigenvalue weighted by atomic mass is 16.5. The van der Waals surface area contributed by atoms with Gasteiger partial charge in [0.25, 0.3) is 0 Å². The second-order valence-electron chi connectivity index (χ2n) is 9.35. The average Bonchev–Trinajstić information content (AvgIpc) is 3.11. The summed E-state index contributed by atoms with van der Waals surface area (Å²) in [5.74, 6) is 1.93. The molecule has 1 unspecified atom stereocenters. The second kappa shape index (κ2) is 12.7. The van der Waals surface area contributed by atoms with Crippen molar-refractivity contribution in [2.24, 2.45) is 5.92 Å². The van der Waals surface area contributed by atoms with E-state index in [1.54, 1.807) is 0 Å². The maximum atomic E-state index is 10.6. The van der Waals surface area contributed by atoms with E-state index in [1.165, 1.54) is 5.56 Å². The number of para-hydroxylation sites is 1. The van der Waals surface area contributed by atoms with Crippen LogP contribution in [-0.4, -0.2) is 52.2 Å². The molecule has 0 fully saturated rings. The van der Waals surface area contributed by atoms with Crippen molar-refractivity contribution in [3.63, 3.8) is 0 Å². The predicted octanol–water partition coefficient (Wildman–Crippen LogP) is 5.53. The van der Waals surface area contributed by atoms with Crippen LogP contribution in [0.3, 0.4) is 0 Å². The number of aliphatic hydroxyl groups excluding tert-OH is 1. The number of hydrogen-bond acceptors (Lipinski definition) is 5. The first-order chi connectivity index (χ1) is 16.4. The van der Waals surface area contributed by atoms with E-state index in [9.17, 15) is 5.11 Å². The molecule has 0 spiro atoms. The third-order valence-corrected chi connectivity index (χ3v) is 5.53. The van der Waals surface area contributed by atoms with E-state index in [0.29, 0.717) is 38.1 Å². The van der Waals surface area contributed by atoms with Crippen molar-refractivity contribution in [2.75, 3.05) is 26.3 Å². The molecule has 1 N–H and O–H groups in total. The molecule has 0 saturated carbocycles. The smallest absolute Gasteiger partial charge is 0.227 e. The van der Waals surface area contributed by atoms with Crippen molar-refractivity contribution in [1.82, 2.24) is 14.7 Å². The summed E-state index contributed by atoms with van der Waals surface area (Å²) in [4.78, 5) is 2.25. The van der Waals surface area contributed by atoms with Crippen LogP contribution >= 0.6 is 0 Å². The Bertz CT molecular complexity index is 1000. The molecule has 0 aliphatic carbocycles. The van der Waals surface area contributed by atoms with E-state index in [4.69, 9.17) is 14.6 Å². The minimum atomic E-state index is -0.545. The molecule has 0 saturated heterocycles. The van der Waals surface area contributed by atoms with Gasteiger partial charge >= 0.3 is 0 Å². The second-order valence-corrected chi connectivity index (χ2v) is 9.35. The highest BCUT2D eigenvalue weighted by molar-refractivity contribution is 5.43. The largest absolute Gasteiger partial charge is 0.439 e. The van der Waals surface area contributed by atoms with Gasteiger partial charge in [-0.3, -0.25) is 4.90 Å². The molecular formula is C28H39N3O3. The Morgan fingerprint density at radius 1 is 1.00 bits per heavy atom. The minimum absolute atomic E-state index is 0.341. The van der Waals surface area contributed by atoms with Gasteiger partial charge in [-0.05, 0) is 57.0 Å². The maximum absolute atomic E-state index is 10.6. The number of aliphatic hydroxyl groups is 1. The Labute approximate surface area is 204 Å². The van der Waals surface area contributed by atoms with Crippen LogP contribution < -0.4 is 4.74 Å². The van der Waals surface area contributed by atoms with Crippen LogP contribution in [0.25, 0.3) is 5.69 Å². The van der Waals surface area contributed by atoms with Crippen molar-refractivity contribution in [2.45, 2.75) is 53.7 Å². The molecule has 0 radical (unpaired) electrons. The summed E-state index contributed by atoms with van der Waals surface area (Å²) in [6.45, 7) is 13.5. The van der Waals surface area contributed by atoms with E-state index in [0.717, 1.165) is 35.7 Å². The van der Waals surface area contributed by atoms with E-state index < -0.39 is 6.10 Å². The van der Waals surface area contributed by atoms with E-state index in [1.807, 2.05) is 66.2 Å². The molecule has 0 aliphatic rings. The van der Waals surface area contributed by atoms with Gasteiger partial charge < -0.3 is 14.6 Å². The summed E-state index contributed by atoms with van der Waals surface area (Å²) in [6, 6.07) is 18.1. The number of ether oxygens (including phenoxy) is 2. The normalized spacial score (nSPS) is 12.5. The lowest BCUT2D eigenvalue weighted by molar-refractivity contribution is 0.00681. The molecule has 1 atom stereocenters. The first-order valence-electron chi connectivity index (χ1n) is 12.2. The molecule has 2 aromatic carbocycles. The fraction of sp³-hybridized carbons (Fsp3) is 0.464. The van der Waals surface area contributed by atoms with Crippen molar-refractivity contribution in [3.05, 3.63) is 71.4 Å². The van der Waals surface area contributed by atoms with Crippen LogP contribution in [0.2, 0.25) is 0 Å². The predicted molar refractivity (Wildman–Crippen MR) is 137 cm³/mol. The van der Waals surface area contributed by atoms with E-state index >= 15 is 0 Å². The lowest BCUT2D eigenvalue weighted by atomic mass is 10.2. The molecule has 0 amide bonds. The van der Waals surface area contributed by atoms with Gasteiger partial charge in [0.1, 0.15) is 5.75 Å². The summed E-state index contributed by atoms with van der Waals surface area (Å²) in [6.07, 6.45) is 0.441. The summed E-state index contributed by atoms with van der Waals surface area (Å²) in [5.41, 5.74) is 4.07. The van der Waals surface area contributed by atoms with Crippen molar-refractivity contribution in [1.29, 1.82) is 0 Å². The monoisotopic (exact) mass is 465 g/mol. The number of aryl methyl sites for hydroxylation is 2. The van der Waals surface area contributed by atoms with Gasteiger partial charge in [-0.2, -0.15) is 5.10 Å². The summed E-state index contributed by atoms with van der Waals surface area (Å²) < 4.78 is 14.0. The van der Waals surface area contributed by atoms with Gasteiger partial charge in [0.05, 0.1) is 29.7 Å². The Kier molecular flexibility index (Phi) is 9.69. The lowest BCUT2D eigenvalue weighted by Crippen LogP contribution is -2.35. The quantitative estimate of drug-likeness (QED) is 0.360. The van der Waals surface area contributed by atoms with Crippen LogP contribution in [0.15, 0.2) is 54.6 Å². The Hall–Kier alpha value is -2.67. The fourth-order valence-corrected chi connectivity index (χ4v) is 3.85. The molecule has 6 heteroatoms. The van der Waals surface area contributed by atoms with Gasteiger partial charge in [0.15, 0.2) is 0 Å². The SMILES string of the molecule is CCCN(Cc1c(C)nn(-c2ccccc2)c1Oc1ccc(C)cc1)CC(O)COCC(C)C. The van der Waals surface area contributed by atoms with Crippen LogP contribution in [0.4, 0.5) is 0 Å². The van der Waals surface area contributed by atoms with Crippen LogP contribution in [0.5, 0.6) is 11.6 Å². The Balaban J connectivity index is 1.87. The molecule has 3 aromatic rings. The topological polar surface area (TPSA) is 59.8 Å². The van der Waals surface area contributed by atoms with Gasteiger partial charge in [0, 0.05) is 19.7 Å². The summed E-state index contributed by atoms with van der Waals surface area (Å²) in [7, 11) is 0. The zero-order chi connectivity index (χ0) is 24.5. The molecular weight excluding hydrogens is 426 g/mol. The van der Waals surface area contributed by atoms with Gasteiger partial charge in [-0.25, -0.2) is 4.68 Å². The van der Waals surface area contributed by atoms with Gasteiger partial charge in [-0.1, -0.05) is 56.7 Å². The van der Waals surface area contributed by atoms with Crippen molar-refractivity contribution < 1.29 is 14.6 Å². The summed E-state index contributed by atoms with van der Waals surface area (Å²) in [5, 5.41) is 15.4. The van der Waals surface area contributed by atoms with Crippen molar-refractivity contribution in [3.8, 4) is 17.3 Å². The molecule has 3 rings (SSSR count). The molecule has 0 aliphatic heterocycles. The van der Waals surface area contributed by atoms with Crippen molar-refractivity contribution >= 4 is 0 Å². The van der Waals surface area contributed by atoms with Crippen LogP contribution in [0, 0.1) is 19.8 Å². The number of hydrogen-bond donors (Lipinski definition) is 1. The molecule has 1 aromatic heterocycles. The van der Waals surface area contributed by atoms with E-state index in [2.05, 4.69) is 32.6 Å². The van der Waals surface area contributed by atoms with Gasteiger partial charge in [0.2, 0.25) is 5.88 Å². The maximum Gasteiger partial charge on any atom is 0.227 e. The Morgan fingerprint density at radius 2 is 1.71 bits per heavy atom. The Morgan fingerprint density at radius 3 is 2.35 bits per heavy atom. The average molecular weight is 466 g/mol. The molecule has 6 nitrogen and oxygen atoms in total. The number of aromatic nitrogens is 2. The molecule has 0 bridgehead atoms. The molecule has 1 heterocycles. The molecule has 184 valence electrons. The standard InChI is InChI=1S/C28H39N3O3/c1-6-16-30(17-25(32)20-33-19-21(2)3)18-27-23(5)29-31(24-10-8-7-9-11-24)28(27)34-26-14-12-22(4)13-15-26/h7-15,21,25,32H,6,16-20H2,1-5H3. The first kappa shape index (κ1) is 25.9. The number of nitrogens with zero attached hydrogens (tertiary/aromatic N) is 3. The van der Waals surface area contributed by atoms with Crippen LogP contribution in [0.1, 0.15) is 44.0 Å². The van der Waals surface area contributed by atoms with Crippen LogP contribution in [-0.2, 0) is 11.3 Å². The summed E-state index contributed by atoms with van der Waals surface area (Å²) >= 11 is 0.